The second-order valence-electron chi connectivity index (χ2n) is 3.93. The van der Waals surface area contributed by atoms with Gasteiger partial charge in [0.05, 0.1) is 19.3 Å². The minimum atomic E-state index is 0.104. The third-order valence-corrected chi connectivity index (χ3v) is 3.44. The van der Waals surface area contributed by atoms with E-state index in [1.54, 1.807) is 0 Å². The Morgan fingerprint density at radius 3 is 2.75 bits per heavy atom. The molecule has 0 bridgehead atoms. The summed E-state index contributed by atoms with van der Waals surface area (Å²) in [6.07, 6.45) is 0. The van der Waals surface area contributed by atoms with Crippen LogP contribution in [-0.4, -0.2) is 36.6 Å². The molecule has 2 rings (SSSR count). The lowest BCUT2D eigenvalue weighted by Crippen LogP contribution is -2.47. The Labute approximate surface area is 109 Å². The van der Waals surface area contributed by atoms with Crippen LogP contribution in [0.2, 0.25) is 0 Å². The number of benzene rings is 1. The lowest BCUT2D eigenvalue weighted by Gasteiger charge is -2.33. The highest BCUT2D eigenvalue weighted by molar-refractivity contribution is 14.1. The van der Waals surface area contributed by atoms with E-state index in [0.29, 0.717) is 19.8 Å². The number of ether oxygens (including phenoxy) is 1. The molecule has 4 heteroatoms. The van der Waals surface area contributed by atoms with E-state index in [0.717, 1.165) is 9.13 Å². The molecule has 1 amide bonds. The lowest BCUT2D eigenvalue weighted by atomic mass is 10.1. The number of carbonyl (C=O) groups is 1. The topological polar surface area (TPSA) is 29.5 Å². The third-order valence-electron chi connectivity index (χ3n) is 2.72. The molecule has 16 heavy (non-hydrogen) atoms. The summed E-state index contributed by atoms with van der Waals surface area (Å²) in [5, 5.41) is 0. The smallest absolute Gasteiger partial charge is 0.254 e. The number of hydrogen-bond donors (Lipinski definition) is 0. The van der Waals surface area contributed by atoms with E-state index in [1.807, 2.05) is 36.1 Å². The molecule has 1 aliphatic heterocycles. The van der Waals surface area contributed by atoms with Gasteiger partial charge in [0.1, 0.15) is 0 Å². The molecule has 0 radical (unpaired) electrons. The van der Waals surface area contributed by atoms with E-state index in [9.17, 15) is 4.79 Å². The summed E-state index contributed by atoms with van der Waals surface area (Å²) in [5.41, 5.74) is 0.758. The minimum absolute atomic E-state index is 0.104. The van der Waals surface area contributed by atoms with E-state index < -0.39 is 0 Å². The summed E-state index contributed by atoms with van der Waals surface area (Å²) in [7, 11) is 0. The van der Waals surface area contributed by atoms with Crippen molar-refractivity contribution in [2.24, 2.45) is 0 Å². The molecule has 0 saturated carbocycles. The first kappa shape index (κ1) is 11.9. The van der Waals surface area contributed by atoms with Crippen molar-refractivity contribution in [3.63, 3.8) is 0 Å². The molecule has 1 aromatic rings. The fourth-order valence-corrected chi connectivity index (χ4v) is 2.15. The summed E-state index contributed by atoms with van der Waals surface area (Å²) in [6, 6.07) is 7.84. The molecule has 1 atom stereocenters. The van der Waals surface area contributed by atoms with E-state index in [1.165, 1.54) is 0 Å². The zero-order valence-electron chi connectivity index (χ0n) is 9.15. The van der Waals surface area contributed by atoms with Crippen LogP contribution >= 0.6 is 22.6 Å². The second-order valence-corrected chi connectivity index (χ2v) is 5.18. The van der Waals surface area contributed by atoms with Crippen molar-refractivity contribution in [2.45, 2.75) is 13.0 Å². The average Bonchev–Trinajstić information content (AvgIpc) is 2.30. The molecule has 86 valence electrons. The molecule has 3 nitrogen and oxygen atoms in total. The number of amides is 1. The maximum absolute atomic E-state index is 12.2. The predicted octanol–water partition coefficient (Wildman–Crippen LogP) is 2.15. The highest BCUT2D eigenvalue weighted by Gasteiger charge is 2.24. The molecule has 1 aliphatic rings. The van der Waals surface area contributed by atoms with Crippen LogP contribution in [-0.2, 0) is 4.74 Å². The molecule has 1 saturated heterocycles. The van der Waals surface area contributed by atoms with E-state index in [4.69, 9.17) is 4.74 Å². The standard InChI is InChI=1S/C12H14INO2/c1-9-8-16-7-6-14(9)12(15)10-2-4-11(13)5-3-10/h2-5,9H,6-8H2,1H3/t9-/m1/s1. The van der Waals surface area contributed by atoms with Gasteiger partial charge in [-0.3, -0.25) is 4.79 Å². The first-order valence-electron chi connectivity index (χ1n) is 5.33. The number of rotatable bonds is 1. The summed E-state index contributed by atoms with van der Waals surface area (Å²) >= 11 is 2.23. The van der Waals surface area contributed by atoms with Gasteiger partial charge in [0.2, 0.25) is 0 Å². The Balaban J connectivity index is 2.14. The van der Waals surface area contributed by atoms with Gasteiger partial charge < -0.3 is 9.64 Å². The highest BCUT2D eigenvalue weighted by atomic mass is 127. The van der Waals surface area contributed by atoms with Crippen molar-refractivity contribution in [2.75, 3.05) is 19.8 Å². The Kier molecular flexibility index (Phi) is 3.81. The second kappa shape index (κ2) is 5.14. The monoisotopic (exact) mass is 331 g/mol. The fraction of sp³-hybridized carbons (Fsp3) is 0.417. The van der Waals surface area contributed by atoms with Crippen LogP contribution in [0.15, 0.2) is 24.3 Å². The molecule has 0 spiro atoms. The van der Waals surface area contributed by atoms with Gasteiger partial charge >= 0.3 is 0 Å². The van der Waals surface area contributed by atoms with Gasteiger partial charge in [0.25, 0.3) is 5.91 Å². The lowest BCUT2D eigenvalue weighted by molar-refractivity contribution is 0.00359. The van der Waals surface area contributed by atoms with Crippen LogP contribution < -0.4 is 0 Å². The number of carbonyl (C=O) groups excluding carboxylic acids is 1. The number of nitrogens with zero attached hydrogens (tertiary/aromatic N) is 1. The van der Waals surface area contributed by atoms with Crippen molar-refractivity contribution >= 4 is 28.5 Å². The van der Waals surface area contributed by atoms with Crippen molar-refractivity contribution in [1.29, 1.82) is 0 Å². The molecule has 0 N–H and O–H groups in total. The Bertz CT molecular complexity index is 377. The quantitative estimate of drug-likeness (QED) is 0.738. The number of halogens is 1. The third kappa shape index (κ3) is 2.55. The van der Waals surface area contributed by atoms with E-state index in [2.05, 4.69) is 22.6 Å². The SMILES string of the molecule is C[C@@H]1COCCN1C(=O)c1ccc(I)cc1. The zero-order valence-corrected chi connectivity index (χ0v) is 11.3. The molecule has 0 aliphatic carbocycles. The van der Waals surface area contributed by atoms with Crippen molar-refractivity contribution in [3.8, 4) is 0 Å². The summed E-state index contributed by atoms with van der Waals surface area (Å²) in [4.78, 5) is 14.1. The largest absolute Gasteiger partial charge is 0.377 e. The van der Waals surface area contributed by atoms with Gasteiger partial charge in [-0.05, 0) is 53.8 Å². The molecule has 1 fully saturated rings. The Morgan fingerprint density at radius 1 is 1.44 bits per heavy atom. The minimum Gasteiger partial charge on any atom is -0.377 e. The fourth-order valence-electron chi connectivity index (χ4n) is 1.79. The predicted molar refractivity (Wildman–Crippen MR) is 70.5 cm³/mol. The van der Waals surface area contributed by atoms with Crippen LogP contribution in [0.25, 0.3) is 0 Å². The van der Waals surface area contributed by atoms with Gasteiger partial charge in [0.15, 0.2) is 0 Å². The van der Waals surface area contributed by atoms with Crippen LogP contribution in [0.5, 0.6) is 0 Å². The highest BCUT2D eigenvalue weighted by Crippen LogP contribution is 2.13. The normalized spacial score (nSPS) is 20.9. The molecule has 1 aromatic carbocycles. The number of hydrogen-bond acceptors (Lipinski definition) is 2. The van der Waals surface area contributed by atoms with Crippen molar-refractivity contribution in [3.05, 3.63) is 33.4 Å². The van der Waals surface area contributed by atoms with Gasteiger partial charge in [-0.2, -0.15) is 0 Å². The number of morpholine rings is 1. The average molecular weight is 331 g/mol. The van der Waals surface area contributed by atoms with Crippen molar-refractivity contribution in [1.82, 2.24) is 4.90 Å². The van der Waals surface area contributed by atoms with E-state index in [-0.39, 0.29) is 11.9 Å². The van der Waals surface area contributed by atoms with Crippen LogP contribution in [0.3, 0.4) is 0 Å². The van der Waals surface area contributed by atoms with Crippen molar-refractivity contribution < 1.29 is 9.53 Å². The Morgan fingerprint density at radius 2 is 2.12 bits per heavy atom. The van der Waals surface area contributed by atoms with Crippen LogP contribution in [0, 0.1) is 3.57 Å². The summed E-state index contributed by atoms with van der Waals surface area (Å²) in [6.45, 7) is 3.98. The zero-order chi connectivity index (χ0) is 11.5. The maximum atomic E-state index is 12.2. The molecular weight excluding hydrogens is 317 g/mol. The van der Waals surface area contributed by atoms with Gasteiger partial charge in [-0.15, -0.1) is 0 Å². The summed E-state index contributed by atoms with van der Waals surface area (Å²) in [5.74, 6) is 0.104. The molecular formula is C12H14INO2. The molecule has 0 aromatic heterocycles. The van der Waals surface area contributed by atoms with Crippen LogP contribution in [0.1, 0.15) is 17.3 Å². The van der Waals surface area contributed by atoms with Gasteiger partial charge in [-0.1, -0.05) is 0 Å². The van der Waals surface area contributed by atoms with Gasteiger partial charge in [-0.25, -0.2) is 0 Å². The molecule has 0 unspecified atom stereocenters. The van der Waals surface area contributed by atoms with E-state index >= 15 is 0 Å². The van der Waals surface area contributed by atoms with Crippen LogP contribution in [0.4, 0.5) is 0 Å². The Hall–Kier alpha value is -0.620. The summed E-state index contributed by atoms with van der Waals surface area (Å²) < 4.78 is 6.46. The maximum Gasteiger partial charge on any atom is 0.254 e. The van der Waals surface area contributed by atoms with Gasteiger partial charge in [0, 0.05) is 15.7 Å². The molecule has 1 heterocycles. The first-order chi connectivity index (χ1) is 7.68. The first-order valence-corrected chi connectivity index (χ1v) is 6.40.